The van der Waals surface area contributed by atoms with Gasteiger partial charge in [0.05, 0.1) is 10.6 Å². The Labute approximate surface area is 136 Å². The Kier molecular flexibility index (Phi) is 4.05. The van der Waals surface area contributed by atoms with E-state index in [0.29, 0.717) is 11.2 Å². The summed E-state index contributed by atoms with van der Waals surface area (Å²) in [6, 6.07) is 0. The number of thioether (sulfide) groups is 1. The van der Waals surface area contributed by atoms with Crippen molar-refractivity contribution < 1.29 is 0 Å². The number of hydrogen-bond acceptors (Lipinski definition) is 6. The minimum absolute atomic E-state index is 0.00527. The number of aromatic amines is 1. The van der Waals surface area contributed by atoms with Gasteiger partial charge in [0.1, 0.15) is 17.0 Å². The second-order valence-electron chi connectivity index (χ2n) is 5.07. The van der Waals surface area contributed by atoms with Gasteiger partial charge >= 0.3 is 0 Å². The summed E-state index contributed by atoms with van der Waals surface area (Å²) in [6.07, 6.45) is 1.71. The van der Waals surface area contributed by atoms with Gasteiger partial charge in [0.15, 0.2) is 5.16 Å². The van der Waals surface area contributed by atoms with Crippen molar-refractivity contribution in [3.05, 3.63) is 32.9 Å². The molecule has 6 nitrogen and oxygen atoms in total. The quantitative estimate of drug-likeness (QED) is 0.742. The van der Waals surface area contributed by atoms with Gasteiger partial charge in [-0.05, 0) is 33.3 Å². The van der Waals surface area contributed by atoms with Crippen LogP contribution in [0.4, 0.5) is 0 Å². The van der Waals surface area contributed by atoms with E-state index < -0.39 is 0 Å². The van der Waals surface area contributed by atoms with Gasteiger partial charge < -0.3 is 9.55 Å². The lowest BCUT2D eigenvalue weighted by Gasteiger charge is -2.10. The van der Waals surface area contributed by atoms with Gasteiger partial charge in [0.25, 0.3) is 5.56 Å². The summed E-state index contributed by atoms with van der Waals surface area (Å²) < 4.78 is 1.97. The molecule has 3 heterocycles. The molecular formula is C14H17N5OS2. The van der Waals surface area contributed by atoms with Gasteiger partial charge in [0, 0.05) is 11.4 Å². The molecule has 0 unspecified atom stereocenters. The number of fused-ring (bicyclic) bond motifs is 1. The highest BCUT2D eigenvalue weighted by molar-refractivity contribution is 7.99. The average Bonchev–Trinajstić information content (AvgIpc) is 3.04. The molecule has 3 aromatic rings. The van der Waals surface area contributed by atoms with Crippen LogP contribution in [0, 0.1) is 13.8 Å². The van der Waals surface area contributed by atoms with Crippen LogP contribution in [0.5, 0.6) is 0 Å². The molecule has 0 amide bonds. The van der Waals surface area contributed by atoms with Crippen LogP contribution in [0.3, 0.4) is 0 Å². The largest absolute Gasteiger partial charge is 0.309 e. The molecule has 1 atom stereocenters. The predicted molar refractivity (Wildman–Crippen MR) is 89.7 cm³/mol. The zero-order chi connectivity index (χ0) is 15.9. The first-order chi connectivity index (χ1) is 10.5. The second kappa shape index (κ2) is 5.85. The number of aryl methyl sites for hydroxylation is 3. The van der Waals surface area contributed by atoms with Crippen LogP contribution < -0.4 is 5.56 Å². The van der Waals surface area contributed by atoms with E-state index in [-0.39, 0.29) is 10.8 Å². The Balaban J connectivity index is 1.98. The molecule has 0 aliphatic heterocycles. The number of hydrogen-bond donors (Lipinski definition) is 1. The third kappa shape index (κ3) is 2.56. The van der Waals surface area contributed by atoms with Gasteiger partial charge in [0.2, 0.25) is 0 Å². The first-order valence-electron chi connectivity index (χ1n) is 7.05. The number of nitrogens with zero attached hydrogens (tertiary/aromatic N) is 4. The molecule has 3 rings (SSSR count). The van der Waals surface area contributed by atoms with E-state index in [2.05, 4.69) is 20.2 Å². The molecule has 0 spiro atoms. The van der Waals surface area contributed by atoms with Gasteiger partial charge in [-0.2, -0.15) is 0 Å². The first kappa shape index (κ1) is 15.2. The molecule has 0 aromatic carbocycles. The standard InChI is InChI=1S/C14H17N5OS2/c1-5-19-6-15-18-14(19)22-9(4)11-16-12(20)10-7(2)8(3)21-13(10)17-11/h6,9H,5H2,1-4H3,(H,16,17,20)/t9-/m1/s1. The summed E-state index contributed by atoms with van der Waals surface area (Å²) in [5, 5.41) is 9.57. The van der Waals surface area contributed by atoms with E-state index in [1.807, 2.05) is 32.3 Å². The number of nitrogens with one attached hydrogen (secondary N) is 1. The minimum Gasteiger partial charge on any atom is -0.309 e. The molecule has 3 aromatic heterocycles. The molecule has 8 heteroatoms. The third-order valence-corrected chi connectivity index (χ3v) is 5.85. The molecule has 0 aliphatic rings. The highest BCUT2D eigenvalue weighted by Gasteiger charge is 2.17. The number of H-pyrrole nitrogens is 1. The molecular weight excluding hydrogens is 318 g/mol. The molecule has 0 radical (unpaired) electrons. The lowest BCUT2D eigenvalue weighted by Crippen LogP contribution is -2.12. The van der Waals surface area contributed by atoms with E-state index in [0.717, 1.165) is 27.0 Å². The van der Waals surface area contributed by atoms with Crippen molar-refractivity contribution >= 4 is 33.3 Å². The maximum atomic E-state index is 12.3. The van der Waals surface area contributed by atoms with Crippen molar-refractivity contribution in [2.75, 3.05) is 0 Å². The van der Waals surface area contributed by atoms with Gasteiger partial charge in [-0.15, -0.1) is 21.5 Å². The Morgan fingerprint density at radius 2 is 2.23 bits per heavy atom. The molecule has 0 bridgehead atoms. The molecule has 116 valence electrons. The van der Waals surface area contributed by atoms with Crippen LogP contribution in [0.15, 0.2) is 16.3 Å². The van der Waals surface area contributed by atoms with Crippen LogP contribution >= 0.6 is 23.1 Å². The fourth-order valence-corrected chi connectivity index (χ4v) is 4.21. The summed E-state index contributed by atoms with van der Waals surface area (Å²) in [5.74, 6) is 0.675. The molecule has 0 fully saturated rings. The van der Waals surface area contributed by atoms with Crippen molar-refractivity contribution in [1.29, 1.82) is 0 Å². The Morgan fingerprint density at radius 1 is 1.45 bits per heavy atom. The topological polar surface area (TPSA) is 76.5 Å². The number of rotatable bonds is 4. The monoisotopic (exact) mass is 335 g/mol. The molecule has 0 aliphatic carbocycles. The van der Waals surface area contributed by atoms with Gasteiger partial charge in [-0.3, -0.25) is 4.79 Å². The van der Waals surface area contributed by atoms with Crippen LogP contribution in [0.25, 0.3) is 10.2 Å². The Bertz CT molecular complexity index is 879. The van der Waals surface area contributed by atoms with Crippen molar-refractivity contribution in [2.45, 2.75) is 44.6 Å². The third-order valence-electron chi connectivity index (χ3n) is 3.65. The van der Waals surface area contributed by atoms with E-state index in [9.17, 15) is 4.79 Å². The van der Waals surface area contributed by atoms with E-state index in [1.54, 1.807) is 29.4 Å². The van der Waals surface area contributed by atoms with E-state index in [1.165, 1.54) is 0 Å². The fraction of sp³-hybridized carbons (Fsp3) is 0.429. The number of aromatic nitrogens is 5. The lowest BCUT2D eigenvalue weighted by atomic mass is 10.2. The van der Waals surface area contributed by atoms with Crippen LogP contribution in [0.2, 0.25) is 0 Å². The second-order valence-corrected chi connectivity index (χ2v) is 7.59. The summed E-state index contributed by atoms with van der Waals surface area (Å²) in [4.78, 5) is 21.8. The Hall–Kier alpha value is -1.67. The maximum absolute atomic E-state index is 12.3. The van der Waals surface area contributed by atoms with Crippen molar-refractivity contribution in [1.82, 2.24) is 24.7 Å². The summed E-state index contributed by atoms with van der Waals surface area (Å²) in [7, 11) is 0. The smallest absolute Gasteiger partial charge is 0.259 e. The van der Waals surface area contributed by atoms with Gasteiger partial charge in [-0.1, -0.05) is 11.8 Å². The van der Waals surface area contributed by atoms with Crippen LogP contribution in [0.1, 0.15) is 35.4 Å². The van der Waals surface area contributed by atoms with Crippen molar-refractivity contribution in [3.63, 3.8) is 0 Å². The molecule has 0 saturated heterocycles. The highest BCUT2D eigenvalue weighted by Crippen LogP contribution is 2.33. The van der Waals surface area contributed by atoms with Gasteiger partial charge in [-0.25, -0.2) is 4.98 Å². The molecule has 1 N–H and O–H groups in total. The Morgan fingerprint density at radius 3 is 2.95 bits per heavy atom. The van der Waals surface area contributed by atoms with Crippen molar-refractivity contribution in [2.24, 2.45) is 0 Å². The van der Waals surface area contributed by atoms with E-state index in [4.69, 9.17) is 0 Å². The van der Waals surface area contributed by atoms with E-state index >= 15 is 0 Å². The summed E-state index contributed by atoms with van der Waals surface area (Å²) in [5.41, 5.74) is 0.956. The molecule has 0 saturated carbocycles. The lowest BCUT2D eigenvalue weighted by molar-refractivity contribution is 0.679. The zero-order valence-electron chi connectivity index (χ0n) is 12.9. The highest BCUT2D eigenvalue weighted by atomic mass is 32.2. The normalized spacial score (nSPS) is 12.9. The minimum atomic E-state index is -0.0636. The van der Waals surface area contributed by atoms with Crippen molar-refractivity contribution in [3.8, 4) is 0 Å². The van der Waals surface area contributed by atoms with Crippen LogP contribution in [-0.4, -0.2) is 24.7 Å². The summed E-state index contributed by atoms with van der Waals surface area (Å²) >= 11 is 3.11. The zero-order valence-corrected chi connectivity index (χ0v) is 14.5. The summed E-state index contributed by atoms with van der Waals surface area (Å²) in [6.45, 7) is 8.85. The molecule has 22 heavy (non-hydrogen) atoms. The van der Waals surface area contributed by atoms with Crippen LogP contribution in [-0.2, 0) is 6.54 Å². The first-order valence-corrected chi connectivity index (χ1v) is 8.75. The SMILES string of the molecule is CCn1cnnc1S[C@H](C)c1nc2sc(C)c(C)c2c(=O)[nH]1. The maximum Gasteiger partial charge on any atom is 0.259 e. The average molecular weight is 335 g/mol. The number of thiophene rings is 1. The fourth-order valence-electron chi connectivity index (χ4n) is 2.23. The predicted octanol–water partition coefficient (Wildman–Crippen LogP) is 3.07.